The van der Waals surface area contributed by atoms with Crippen LogP contribution in [0.2, 0.25) is 0 Å². The first-order valence-electron chi connectivity index (χ1n) is 6.62. The molecule has 0 radical (unpaired) electrons. The first-order chi connectivity index (χ1) is 8.91. The summed E-state index contributed by atoms with van der Waals surface area (Å²) >= 11 is 1.53. The lowest BCUT2D eigenvalue weighted by atomic mass is 10.0. The summed E-state index contributed by atoms with van der Waals surface area (Å²) < 4.78 is 0. The Balaban J connectivity index is 2.05. The van der Waals surface area contributed by atoms with E-state index in [1.54, 1.807) is 0 Å². The van der Waals surface area contributed by atoms with Gasteiger partial charge < -0.3 is 10.6 Å². The summed E-state index contributed by atoms with van der Waals surface area (Å²) in [5, 5.41) is 6.95. The molecule has 2 N–H and O–H groups in total. The molecule has 1 saturated heterocycles. The molecule has 0 aliphatic carbocycles. The molecular weight excluding hydrogens is 260 g/mol. The molecule has 0 unspecified atom stereocenters. The minimum absolute atomic E-state index is 0.0168. The van der Waals surface area contributed by atoms with Crippen molar-refractivity contribution in [1.29, 1.82) is 0 Å². The van der Waals surface area contributed by atoms with E-state index in [4.69, 9.17) is 0 Å². The number of carbonyl (C=O) groups is 1. The molecule has 0 bridgehead atoms. The smallest absolute Gasteiger partial charge is 0.246 e. The largest absolute Gasteiger partial charge is 0.314 e. The van der Waals surface area contributed by atoms with E-state index >= 15 is 0 Å². The quantitative estimate of drug-likeness (QED) is 0.879. The van der Waals surface area contributed by atoms with E-state index in [9.17, 15) is 4.79 Å². The van der Waals surface area contributed by atoms with E-state index in [2.05, 4.69) is 20.5 Å². The fourth-order valence-electron chi connectivity index (χ4n) is 2.14. The molecule has 0 aromatic carbocycles. The number of hydrogen-bond donors (Lipinski definition) is 2. The van der Waals surface area contributed by atoms with Crippen molar-refractivity contribution in [3.05, 3.63) is 10.6 Å². The van der Waals surface area contributed by atoms with E-state index in [1.165, 1.54) is 11.3 Å². The van der Waals surface area contributed by atoms with Gasteiger partial charge in [-0.3, -0.25) is 9.69 Å². The van der Waals surface area contributed by atoms with Crippen molar-refractivity contribution in [3.8, 4) is 0 Å². The van der Waals surface area contributed by atoms with Gasteiger partial charge in [0.05, 0.1) is 11.2 Å². The molecule has 2 rings (SSSR count). The third kappa shape index (κ3) is 3.13. The summed E-state index contributed by atoms with van der Waals surface area (Å²) in [6.45, 7) is 11.6. The average Bonchev–Trinajstić information content (AvgIpc) is 2.69. The van der Waals surface area contributed by atoms with E-state index in [-0.39, 0.29) is 5.91 Å². The van der Waals surface area contributed by atoms with Gasteiger partial charge in [0.15, 0.2) is 5.13 Å². The van der Waals surface area contributed by atoms with E-state index in [0.717, 1.165) is 36.8 Å². The maximum Gasteiger partial charge on any atom is 0.246 e. The van der Waals surface area contributed by atoms with Gasteiger partial charge in [-0.15, -0.1) is 11.3 Å². The number of piperazine rings is 1. The zero-order valence-electron chi connectivity index (χ0n) is 12.0. The predicted octanol–water partition coefficient (Wildman–Crippen LogP) is 1.38. The van der Waals surface area contributed by atoms with Gasteiger partial charge in [0, 0.05) is 31.1 Å². The summed E-state index contributed by atoms with van der Waals surface area (Å²) in [5.41, 5.74) is 0.482. The Bertz CT molecular complexity index is 444. The molecular formula is C13H22N4OS. The molecule has 2 heterocycles. The van der Waals surface area contributed by atoms with Crippen molar-refractivity contribution in [2.24, 2.45) is 0 Å². The fourth-order valence-corrected chi connectivity index (χ4v) is 2.95. The first-order valence-corrected chi connectivity index (χ1v) is 7.44. The van der Waals surface area contributed by atoms with Crippen molar-refractivity contribution in [2.75, 3.05) is 31.5 Å². The second kappa shape index (κ2) is 5.56. The standard InChI is InChI=1S/C13H22N4OS/c1-9-10(2)19-12(15-9)16-11(18)13(3,4)17-7-5-14-6-8-17/h14H,5-8H2,1-4H3,(H,15,16,18). The Labute approximate surface area is 118 Å². The van der Waals surface area contributed by atoms with Crippen LogP contribution in [-0.4, -0.2) is 47.5 Å². The number of carbonyl (C=O) groups excluding carboxylic acids is 1. The Morgan fingerprint density at radius 1 is 1.37 bits per heavy atom. The van der Waals surface area contributed by atoms with Crippen molar-refractivity contribution in [3.63, 3.8) is 0 Å². The van der Waals surface area contributed by atoms with Crippen molar-refractivity contribution >= 4 is 22.4 Å². The van der Waals surface area contributed by atoms with Crippen molar-refractivity contribution in [2.45, 2.75) is 33.2 Å². The molecule has 5 nitrogen and oxygen atoms in total. The van der Waals surface area contributed by atoms with Crippen LogP contribution < -0.4 is 10.6 Å². The molecule has 1 amide bonds. The maximum absolute atomic E-state index is 12.4. The number of thiazole rings is 1. The monoisotopic (exact) mass is 282 g/mol. The number of nitrogens with zero attached hydrogens (tertiary/aromatic N) is 2. The van der Waals surface area contributed by atoms with Crippen LogP contribution in [0.3, 0.4) is 0 Å². The van der Waals surface area contributed by atoms with Crippen LogP contribution in [0.4, 0.5) is 5.13 Å². The van der Waals surface area contributed by atoms with E-state index in [0.29, 0.717) is 5.13 Å². The summed E-state index contributed by atoms with van der Waals surface area (Å²) in [4.78, 5) is 20.2. The van der Waals surface area contributed by atoms with Crippen LogP contribution in [0.25, 0.3) is 0 Å². The van der Waals surface area contributed by atoms with Gasteiger partial charge in [0.1, 0.15) is 0 Å². The van der Waals surface area contributed by atoms with Crippen LogP contribution in [-0.2, 0) is 4.79 Å². The number of amides is 1. The maximum atomic E-state index is 12.4. The van der Waals surface area contributed by atoms with Gasteiger partial charge in [-0.1, -0.05) is 0 Å². The second-order valence-electron chi connectivity index (χ2n) is 5.41. The van der Waals surface area contributed by atoms with Gasteiger partial charge in [0.2, 0.25) is 5.91 Å². The zero-order chi connectivity index (χ0) is 14.0. The Morgan fingerprint density at radius 3 is 2.53 bits per heavy atom. The molecule has 1 aliphatic rings. The van der Waals surface area contributed by atoms with Crippen LogP contribution in [0.15, 0.2) is 0 Å². The molecule has 1 aromatic heterocycles. The van der Waals surface area contributed by atoms with Gasteiger partial charge in [-0.05, 0) is 27.7 Å². The van der Waals surface area contributed by atoms with Gasteiger partial charge in [0.25, 0.3) is 0 Å². The third-order valence-corrected chi connectivity index (χ3v) is 4.70. The Morgan fingerprint density at radius 2 is 2.00 bits per heavy atom. The number of aryl methyl sites for hydroxylation is 2. The summed E-state index contributed by atoms with van der Waals surface area (Å²) in [7, 11) is 0. The summed E-state index contributed by atoms with van der Waals surface area (Å²) in [5.74, 6) is 0.0168. The SMILES string of the molecule is Cc1nc(NC(=O)C(C)(C)N2CCNCC2)sc1C. The summed E-state index contributed by atoms with van der Waals surface area (Å²) in [6, 6.07) is 0. The fraction of sp³-hybridized carbons (Fsp3) is 0.692. The highest BCUT2D eigenvalue weighted by Crippen LogP contribution is 2.23. The molecule has 0 atom stereocenters. The number of nitrogens with one attached hydrogen (secondary N) is 2. The highest BCUT2D eigenvalue weighted by Gasteiger charge is 2.35. The van der Waals surface area contributed by atoms with Crippen LogP contribution in [0.1, 0.15) is 24.4 Å². The third-order valence-electron chi connectivity index (χ3n) is 3.71. The lowest BCUT2D eigenvalue weighted by Crippen LogP contribution is -2.58. The van der Waals surface area contributed by atoms with Gasteiger partial charge >= 0.3 is 0 Å². The summed E-state index contributed by atoms with van der Waals surface area (Å²) in [6.07, 6.45) is 0. The molecule has 6 heteroatoms. The van der Waals surface area contributed by atoms with Crippen molar-refractivity contribution < 1.29 is 4.79 Å². The highest BCUT2D eigenvalue weighted by molar-refractivity contribution is 7.15. The molecule has 0 saturated carbocycles. The van der Waals surface area contributed by atoms with Crippen LogP contribution in [0.5, 0.6) is 0 Å². The molecule has 19 heavy (non-hydrogen) atoms. The van der Waals surface area contributed by atoms with E-state index < -0.39 is 5.54 Å². The van der Waals surface area contributed by atoms with Crippen LogP contribution >= 0.6 is 11.3 Å². The van der Waals surface area contributed by atoms with Crippen molar-refractivity contribution in [1.82, 2.24) is 15.2 Å². The number of rotatable bonds is 3. The van der Waals surface area contributed by atoms with Gasteiger partial charge in [-0.2, -0.15) is 0 Å². The minimum atomic E-state index is -0.504. The first kappa shape index (κ1) is 14.4. The lowest BCUT2D eigenvalue weighted by molar-refractivity contribution is -0.126. The molecule has 1 aromatic rings. The normalized spacial score (nSPS) is 17.5. The zero-order valence-corrected chi connectivity index (χ0v) is 12.9. The average molecular weight is 282 g/mol. The number of anilines is 1. The Hall–Kier alpha value is -0.980. The molecule has 106 valence electrons. The number of aromatic nitrogens is 1. The highest BCUT2D eigenvalue weighted by atomic mass is 32.1. The molecule has 0 spiro atoms. The molecule has 1 fully saturated rings. The second-order valence-corrected chi connectivity index (χ2v) is 6.61. The topological polar surface area (TPSA) is 57.3 Å². The Kier molecular flexibility index (Phi) is 4.23. The lowest BCUT2D eigenvalue weighted by Gasteiger charge is -2.39. The predicted molar refractivity (Wildman–Crippen MR) is 78.7 cm³/mol. The number of hydrogen-bond acceptors (Lipinski definition) is 5. The van der Waals surface area contributed by atoms with E-state index in [1.807, 2.05) is 27.7 Å². The molecule has 1 aliphatic heterocycles. The minimum Gasteiger partial charge on any atom is -0.314 e. The van der Waals surface area contributed by atoms with Gasteiger partial charge in [-0.25, -0.2) is 4.98 Å². The van der Waals surface area contributed by atoms with Crippen LogP contribution in [0, 0.1) is 13.8 Å².